The van der Waals surface area contributed by atoms with Gasteiger partial charge in [-0.3, -0.25) is 9.00 Å². The van der Waals surface area contributed by atoms with Crippen LogP contribution in [-0.4, -0.2) is 38.6 Å². The van der Waals surface area contributed by atoms with E-state index in [9.17, 15) is 9.00 Å². The van der Waals surface area contributed by atoms with Crippen molar-refractivity contribution in [3.05, 3.63) is 70.6 Å². The number of amides is 1. The van der Waals surface area contributed by atoms with E-state index in [1.165, 1.54) is 6.07 Å². The van der Waals surface area contributed by atoms with E-state index in [-0.39, 0.29) is 11.3 Å². The summed E-state index contributed by atoms with van der Waals surface area (Å²) in [6.45, 7) is 0. The fraction of sp³-hybridized carbons (Fsp3) is 0.192. The molecule has 0 spiro atoms. The lowest BCUT2D eigenvalue weighted by molar-refractivity contribution is 0.100. The van der Waals surface area contributed by atoms with Gasteiger partial charge in [-0.25, -0.2) is 0 Å². The first-order chi connectivity index (χ1) is 17.3. The maximum absolute atomic E-state index is 12.9. The molecule has 3 aromatic carbocycles. The normalized spacial score (nSPS) is 11.7. The lowest BCUT2D eigenvalue weighted by Crippen LogP contribution is -2.11. The van der Waals surface area contributed by atoms with Crippen molar-refractivity contribution in [3.63, 3.8) is 0 Å². The summed E-state index contributed by atoms with van der Waals surface area (Å²) in [5.41, 5.74) is 14.6. The molecule has 0 aliphatic rings. The van der Waals surface area contributed by atoms with E-state index in [1.54, 1.807) is 70.3 Å². The molecular formula is C26H29N3O6S. The second-order valence-electron chi connectivity index (χ2n) is 7.64. The molecule has 0 aliphatic heterocycles. The van der Waals surface area contributed by atoms with Crippen molar-refractivity contribution in [1.82, 2.24) is 0 Å². The highest BCUT2D eigenvalue weighted by Crippen LogP contribution is 2.35. The van der Waals surface area contributed by atoms with Gasteiger partial charge in [0.05, 0.1) is 56.2 Å². The number of ether oxygens (including phenoxy) is 4. The summed E-state index contributed by atoms with van der Waals surface area (Å²) in [6, 6.07) is 13.7. The zero-order chi connectivity index (χ0) is 26.2. The van der Waals surface area contributed by atoms with Crippen LogP contribution in [0.1, 0.15) is 21.5 Å². The van der Waals surface area contributed by atoms with Crippen LogP contribution in [0.5, 0.6) is 23.0 Å². The molecule has 0 saturated heterocycles. The van der Waals surface area contributed by atoms with E-state index in [2.05, 4.69) is 5.32 Å². The van der Waals surface area contributed by atoms with Crippen LogP contribution in [0.3, 0.4) is 0 Å². The van der Waals surface area contributed by atoms with Gasteiger partial charge in [-0.05, 0) is 42.0 Å². The highest BCUT2D eigenvalue weighted by atomic mass is 32.2. The molecule has 1 amide bonds. The number of anilines is 3. The first-order valence-electron chi connectivity index (χ1n) is 10.8. The van der Waals surface area contributed by atoms with E-state index in [1.807, 2.05) is 12.1 Å². The summed E-state index contributed by atoms with van der Waals surface area (Å²) in [4.78, 5) is 11.6. The van der Waals surface area contributed by atoms with Crippen molar-refractivity contribution in [3.8, 4) is 23.0 Å². The molecule has 0 aromatic heterocycles. The van der Waals surface area contributed by atoms with E-state index >= 15 is 0 Å². The number of primary amides is 1. The first kappa shape index (κ1) is 26.4. The summed E-state index contributed by atoms with van der Waals surface area (Å²) in [6.07, 6.45) is 1.70. The Morgan fingerprint density at radius 2 is 1.58 bits per heavy atom. The average Bonchev–Trinajstić information content (AvgIpc) is 2.86. The quantitative estimate of drug-likeness (QED) is 0.328. The Hall–Kier alpha value is -4.18. The van der Waals surface area contributed by atoms with Crippen molar-refractivity contribution in [2.45, 2.75) is 5.75 Å². The molecule has 3 aromatic rings. The Morgan fingerprint density at radius 1 is 0.917 bits per heavy atom. The van der Waals surface area contributed by atoms with Gasteiger partial charge in [0.2, 0.25) is 5.91 Å². The van der Waals surface area contributed by atoms with Gasteiger partial charge in [0.15, 0.2) is 0 Å². The van der Waals surface area contributed by atoms with Crippen molar-refractivity contribution in [2.24, 2.45) is 5.73 Å². The second-order valence-corrected chi connectivity index (χ2v) is 8.96. The SMILES string of the molecule is COc1cc(OC)c(/C=C/S(=O)Cc2ccc(OC)c(Nc3cc(N)cc(C(N)=O)c3)c2)c(OC)c1. The minimum atomic E-state index is -1.35. The highest BCUT2D eigenvalue weighted by molar-refractivity contribution is 7.87. The standard InChI is InChI=1S/C26H29N3O6S/c1-32-20-13-24(34-3)21(25(14-20)35-4)7-8-36(31)15-16-5-6-23(33-2)22(9-16)29-19-11-17(26(28)30)10-18(27)12-19/h5-14,29H,15,27H2,1-4H3,(H2,28,30)/b8-7+. The Kier molecular flexibility index (Phi) is 8.80. The number of nitrogens with one attached hydrogen (secondary N) is 1. The van der Waals surface area contributed by atoms with Crippen LogP contribution in [0.2, 0.25) is 0 Å². The summed E-state index contributed by atoms with van der Waals surface area (Å²) < 4.78 is 34.5. The van der Waals surface area contributed by atoms with Gasteiger partial charge in [0.1, 0.15) is 23.0 Å². The monoisotopic (exact) mass is 511 g/mol. The number of nitrogen functional groups attached to an aromatic ring is 1. The number of carbonyl (C=O) groups excluding carboxylic acids is 1. The maximum atomic E-state index is 12.9. The molecule has 1 atom stereocenters. The van der Waals surface area contributed by atoms with E-state index in [0.717, 1.165) is 5.56 Å². The Balaban J connectivity index is 1.83. The topological polar surface area (TPSA) is 135 Å². The van der Waals surface area contributed by atoms with Gasteiger partial charge < -0.3 is 35.7 Å². The van der Waals surface area contributed by atoms with Crippen molar-refractivity contribution in [2.75, 3.05) is 39.5 Å². The summed E-state index contributed by atoms with van der Waals surface area (Å²) in [7, 11) is 4.84. The van der Waals surface area contributed by atoms with Crippen molar-refractivity contribution < 1.29 is 28.0 Å². The van der Waals surface area contributed by atoms with Crippen LogP contribution in [0.4, 0.5) is 17.1 Å². The van der Waals surface area contributed by atoms with Gasteiger partial charge in [0, 0.05) is 34.5 Å². The summed E-state index contributed by atoms with van der Waals surface area (Å²) in [5, 5.41) is 4.78. The van der Waals surface area contributed by atoms with Gasteiger partial charge in [-0.2, -0.15) is 0 Å². The smallest absolute Gasteiger partial charge is 0.248 e. The fourth-order valence-corrected chi connectivity index (χ4v) is 4.41. The average molecular weight is 512 g/mol. The number of nitrogens with two attached hydrogens (primary N) is 2. The third-order valence-electron chi connectivity index (χ3n) is 5.23. The molecular weight excluding hydrogens is 482 g/mol. The molecule has 0 bridgehead atoms. The third-order valence-corrected chi connectivity index (χ3v) is 6.29. The van der Waals surface area contributed by atoms with E-state index in [4.69, 9.17) is 30.4 Å². The number of benzene rings is 3. The molecule has 5 N–H and O–H groups in total. The van der Waals surface area contributed by atoms with Crippen LogP contribution in [0.25, 0.3) is 6.08 Å². The Labute approximate surface area is 212 Å². The van der Waals surface area contributed by atoms with Crippen molar-refractivity contribution in [1.29, 1.82) is 0 Å². The molecule has 0 aliphatic carbocycles. The Morgan fingerprint density at radius 3 is 2.17 bits per heavy atom. The number of hydrogen-bond acceptors (Lipinski definition) is 8. The number of hydrogen-bond donors (Lipinski definition) is 3. The molecule has 0 fully saturated rings. The molecule has 3 rings (SSSR count). The zero-order valence-corrected chi connectivity index (χ0v) is 21.3. The molecule has 1 unspecified atom stereocenters. The Bertz CT molecular complexity index is 1280. The van der Waals surface area contributed by atoms with E-state index in [0.29, 0.717) is 45.6 Å². The van der Waals surface area contributed by atoms with Crippen LogP contribution in [0, 0.1) is 0 Å². The van der Waals surface area contributed by atoms with E-state index < -0.39 is 16.7 Å². The molecule has 0 heterocycles. The maximum Gasteiger partial charge on any atom is 0.248 e. The van der Waals surface area contributed by atoms with Gasteiger partial charge in [0.25, 0.3) is 0 Å². The molecule has 36 heavy (non-hydrogen) atoms. The fourth-order valence-electron chi connectivity index (χ4n) is 3.52. The first-order valence-corrected chi connectivity index (χ1v) is 12.2. The van der Waals surface area contributed by atoms with Crippen LogP contribution < -0.4 is 35.7 Å². The largest absolute Gasteiger partial charge is 0.496 e. The summed E-state index contributed by atoms with van der Waals surface area (Å²) >= 11 is 0. The van der Waals surface area contributed by atoms with Crippen LogP contribution in [-0.2, 0) is 16.6 Å². The minimum absolute atomic E-state index is 0.249. The number of methoxy groups -OCH3 is 4. The van der Waals surface area contributed by atoms with Gasteiger partial charge in [-0.1, -0.05) is 6.07 Å². The molecule has 9 nitrogen and oxygen atoms in total. The molecule has 190 valence electrons. The second kappa shape index (κ2) is 12.0. The lowest BCUT2D eigenvalue weighted by atomic mass is 10.1. The van der Waals surface area contributed by atoms with Crippen molar-refractivity contribution >= 4 is 39.8 Å². The minimum Gasteiger partial charge on any atom is -0.496 e. The van der Waals surface area contributed by atoms with Gasteiger partial charge in [-0.15, -0.1) is 0 Å². The predicted molar refractivity (Wildman–Crippen MR) is 143 cm³/mol. The van der Waals surface area contributed by atoms with Gasteiger partial charge >= 0.3 is 0 Å². The molecule has 0 saturated carbocycles. The third kappa shape index (κ3) is 6.48. The predicted octanol–water partition coefficient (Wildman–Crippen LogP) is 4.07. The lowest BCUT2D eigenvalue weighted by Gasteiger charge is -2.14. The summed E-state index contributed by atoms with van der Waals surface area (Å²) in [5.74, 6) is 1.89. The number of carbonyl (C=O) groups is 1. The van der Waals surface area contributed by atoms with Crippen LogP contribution in [0.15, 0.2) is 53.9 Å². The van der Waals surface area contributed by atoms with Crippen LogP contribution >= 0.6 is 0 Å². The molecule has 10 heteroatoms. The molecule has 0 radical (unpaired) electrons. The zero-order valence-electron chi connectivity index (χ0n) is 20.5. The highest BCUT2D eigenvalue weighted by Gasteiger charge is 2.12. The number of rotatable bonds is 11.